The highest BCUT2D eigenvalue weighted by Gasteiger charge is 2.44. The van der Waals surface area contributed by atoms with Crippen molar-refractivity contribution in [3.63, 3.8) is 0 Å². The van der Waals surface area contributed by atoms with Crippen LogP contribution in [0.5, 0.6) is 0 Å². The zero-order valence-electron chi connectivity index (χ0n) is 10.3. The summed E-state index contributed by atoms with van der Waals surface area (Å²) in [6.45, 7) is 7.96. The smallest absolute Gasteiger partial charge is 0.301 e. The predicted octanol–water partition coefficient (Wildman–Crippen LogP) is 0.891. The van der Waals surface area contributed by atoms with Gasteiger partial charge in [0.15, 0.2) is 0 Å². The Bertz CT molecular complexity index is 200. The highest BCUT2D eigenvalue weighted by molar-refractivity contribution is 6.79. The topological polar surface area (TPSA) is 9.72 Å². The third-order valence-electron chi connectivity index (χ3n) is 2.55. The van der Waals surface area contributed by atoms with Crippen LogP contribution < -0.4 is 0 Å². The Morgan fingerprint density at radius 1 is 0.929 bits per heavy atom. The summed E-state index contributed by atoms with van der Waals surface area (Å²) < 4.78 is 6.78. The van der Waals surface area contributed by atoms with Crippen LogP contribution in [0.3, 0.4) is 0 Å². The van der Waals surface area contributed by atoms with Gasteiger partial charge in [0.25, 0.3) is 0 Å². The van der Waals surface area contributed by atoms with Gasteiger partial charge in [0, 0.05) is 0 Å². The van der Waals surface area contributed by atoms with Gasteiger partial charge in [0.2, 0.25) is 0 Å². The van der Waals surface area contributed by atoms with E-state index in [0.29, 0.717) is 0 Å². The first-order valence-corrected chi connectivity index (χ1v) is 6.50. The van der Waals surface area contributed by atoms with Crippen LogP contribution in [0.4, 0.5) is 0 Å². The zero-order chi connectivity index (χ0) is 11.5. The van der Waals surface area contributed by atoms with E-state index in [1.54, 1.807) is 0 Å². The first-order chi connectivity index (χ1) is 6.31. The minimum atomic E-state index is -1.94. The maximum Gasteiger partial charge on any atom is 0.321 e. The van der Waals surface area contributed by atoms with Crippen molar-refractivity contribution in [2.45, 2.75) is 0 Å². The summed E-state index contributed by atoms with van der Waals surface area (Å²) in [4.78, 5) is 0. The number of allylic oxidation sites excluding steroid dienone is 2. The van der Waals surface area contributed by atoms with Gasteiger partial charge in [-0.25, -0.2) is 0 Å². The normalized spacial score (nSPS) is 12.6. The fourth-order valence-electron chi connectivity index (χ4n) is 2.20. The molecule has 0 heterocycles. The van der Waals surface area contributed by atoms with Crippen LogP contribution in [0.25, 0.3) is 0 Å². The Kier molecular flexibility index (Phi) is 4.74. The van der Waals surface area contributed by atoms with E-state index in [4.69, 9.17) is 0 Å². The summed E-state index contributed by atoms with van der Waals surface area (Å²) in [5.41, 5.74) is 0. The molecular formula is C10H23N3Si. The summed E-state index contributed by atoms with van der Waals surface area (Å²) in [7, 11) is 10.6. The standard InChI is InChI=1S/C10H23N3Si/c1-9-10(2)14(11(3)4,12(5)6)13(7)8/h9H,1-2H2,3-8H3. The van der Waals surface area contributed by atoms with Crippen LogP contribution >= 0.6 is 0 Å². The molecule has 0 aromatic heterocycles. The Hall–Kier alpha value is -0.423. The molecule has 0 radical (unpaired) electrons. The molecule has 0 N–H and O–H groups in total. The predicted molar refractivity (Wildman–Crippen MR) is 66.2 cm³/mol. The average molecular weight is 213 g/mol. The Labute approximate surface area is 89.5 Å². The Morgan fingerprint density at radius 2 is 1.21 bits per heavy atom. The monoisotopic (exact) mass is 213 g/mol. The summed E-state index contributed by atoms with van der Waals surface area (Å²) in [6, 6.07) is 0. The van der Waals surface area contributed by atoms with Crippen LogP contribution in [0.2, 0.25) is 0 Å². The summed E-state index contributed by atoms with van der Waals surface area (Å²) in [5, 5.41) is 1.11. The summed E-state index contributed by atoms with van der Waals surface area (Å²) in [5.74, 6) is 0. The average Bonchev–Trinajstić information content (AvgIpc) is 2.02. The number of nitrogens with zero attached hydrogens (tertiary/aromatic N) is 3. The van der Waals surface area contributed by atoms with Gasteiger partial charge in [-0.1, -0.05) is 19.2 Å². The number of hydrogen-bond acceptors (Lipinski definition) is 3. The molecule has 0 fully saturated rings. The van der Waals surface area contributed by atoms with Gasteiger partial charge in [0.05, 0.1) is 0 Å². The molecule has 0 atom stereocenters. The van der Waals surface area contributed by atoms with Crippen LogP contribution in [-0.2, 0) is 0 Å². The highest BCUT2D eigenvalue weighted by atomic mass is 28.4. The lowest BCUT2D eigenvalue weighted by Crippen LogP contribution is -2.70. The summed E-state index contributed by atoms with van der Waals surface area (Å²) in [6.07, 6.45) is 1.87. The number of rotatable bonds is 5. The maximum atomic E-state index is 4.13. The SMILES string of the molecule is C=CC(=C)[Si](N(C)C)(N(C)C)N(C)C. The molecule has 0 rings (SSSR count). The third kappa shape index (κ3) is 1.98. The van der Waals surface area contributed by atoms with Gasteiger partial charge >= 0.3 is 8.56 Å². The van der Waals surface area contributed by atoms with E-state index >= 15 is 0 Å². The van der Waals surface area contributed by atoms with E-state index in [-0.39, 0.29) is 0 Å². The van der Waals surface area contributed by atoms with Gasteiger partial charge in [0.1, 0.15) is 0 Å². The Morgan fingerprint density at radius 3 is 1.29 bits per heavy atom. The molecule has 0 aliphatic heterocycles. The minimum absolute atomic E-state index is 1.11. The molecule has 0 saturated heterocycles. The second-order valence-corrected chi connectivity index (χ2v) is 8.64. The largest absolute Gasteiger partial charge is 0.321 e. The molecule has 0 unspecified atom stereocenters. The van der Waals surface area contributed by atoms with Gasteiger partial charge in [-0.05, 0) is 47.5 Å². The maximum absolute atomic E-state index is 4.13. The lowest BCUT2D eigenvalue weighted by atomic mass is 10.6. The van der Waals surface area contributed by atoms with Crippen molar-refractivity contribution in [2.75, 3.05) is 42.3 Å². The van der Waals surface area contributed by atoms with Gasteiger partial charge in [-0.2, -0.15) is 0 Å². The third-order valence-corrected chi connectivity index (χ3v) is 7.36. The first-order valence-electron chi connectivity index (χ1n) is 4.65. The summed E-state index contributed by atoms with van der Waals surface area (Å²) >= 11 is 0. The first kappa shape index (κ1) is 13.6. The van der Waals surface area contributed by atoms with E-state index in [9.17, 15) is 0 Å². The molecule has 82 valence electrons. The van der Waals surface area contributed by atoms with Gasteiger partial charge in [-0.3, -0.25) is 0 Å². The molecule has 0 saturated carbocycles. The molecular weight excluding hydrogens is 190 g/mol. The minimum Gasteiger partial charge on any atom is -0.301 e. The number of hydrogen-bond donors (Lipinski definition) is 0. The molecule has 3 nitrogen and oxygen atoms in total. The molecule has 14 heavy (non-hydrogen) atoms. The zero-order valence-corrected chi connectivity index (χ0v) is 11.3. The van der Waals surface area contributed by atoms with Crippen molar-refractivity contribution < 1.29 is 0 Å². The van der Waals surface area contributed by atoms with Crippen molar-refractivity contribution >= 4 is 8.56 Å². The fourth-order valence-corrected chi connectivity index (χ4v) is 6.60. The molecule has 0 aromatic carbocycles. The second kappa shape index (κ2) is 4.88. The van der Waals surface area contributed by atoms with Crippen molar-refractivity contribution in [3.05, 3.63) is 24.4 Å². The van der Waals surface area contributed by atoms with E-state index in [1.165, 1.54) is 0 Å². The van der Waals surface area contributed by atoms with E-state index in [0.717, 1.165) is 5.20 Å². The quantitative estimate of drug-likeness (QED) is 0.496. The van der Waals surface area contributed by atoms with E-state index < -0.39 is 8.56 Å². The lowest BCUT2D eigenvalue weighted by molar-refractivity contribution is 0.391. The van der Waals surface area contributed by atoms with E-state index in [1.807, 2.05) is 6.08 Å². The van der Waals surface area contributed by atoms with Crippen LogP contribution in [-0.4, -0.2) is 64.5 Å². The van der Waals surface area contributed by atoms with Crippen molar-refractivity contribution in [1.29, 1.82) is 0 Å². The highest BCUT2D eigenvalue weighted by Crippen LogP contribution is 2.21. The van der Waals surface area contributed by atoms with Crippen molar-refractivity contribution in [2.24, 2.45) is 0 Å². The molecule has 0 spiro atoms. The molecule has 4 heteroatoms. The van der Waals surface area contributed by atoms with Crippen LogP contribution in [0.1, 0.15) is 0 Å². The van der Waals surface area contributed by atoms with Crippen LogP contribution in [0, 0.1) is 0 Å². The molecule has 0 aromatic rings. The van der Waals surface area contributed by atoms with Crippen molar-refractivity contribution in [3.8, 4) is 0 Å². The second-order valence-electron chi connectivity index (χ2n) is 4.05. The fraction of sp³-hybridized carbons (Fsp3) is 0.600. The molecule has 0 aliphatic carbocycles. The molecule has 0 aliphatic rings. The van der Waals surface area contributed by atoms with Gasteiger partial charge < -0.3 is 13.7 Å². The van der Waals surface area contributed by atoms with Crippen LogP contribution in [0.15, 0.2) is 24.4 Å². The Balaban J connectivity index is 5.38. The molecule has 0 bridgehead atoms. The van der Waals surface area contributed by atoms with E-state index in [2.05, 4.69) is 69.1 Å². The lowest BCUT2D eigenvalue weighted by Gasteiger charge is -2.47. The van der Waals surface area contributed by atoms with Gasteiger partial charge in [-0.15, -0.1) is 0 Å². The molecule has 0 amide bonds. The van der Waals surface area contributed by atoms with Crippen molar-refractivity contribution in [1.82, 2.24) is 13.7 Å².